The number of carboxylic acid groups (broad SMARTS) is 1. The Hall–Kier alpha value is -0.790. The van der Waals surface area contributed by atoms with Crippen LogP contribution in [0.15, 0.2) is 12.2 Å². The van der Waals surface area contributed by atoms with Gasteiger partial charge in [-0.2, -0.15) is 0 Å². The third-order valence-corrected chi connectivity index (χ3v) is 5.65. The highest BCUT2D eigenvalue weighted by atomic mass is 16.4. The summed E-state index contributed by atoms with van der Waals surface area (Å²) >= 11 is 0. The number of carbonyl (C=O) groups is 1. The summed E-state index contributed by atoms with van der Waals surface area (Å²) in [5, 5.41) is 9.21. The van der Waals surface area contributed by atoms with Gasteiger partial charge in [-0.05, 0) is 55.3 Å². The normalized spacial score (nSPS) is 48.5. The molecular weight excluding hydrogens is 212 g/mol. The Kier molecular flexibility index (Phi) is 2.57. The molecule has 0 aromatic rings. The molecule has 17 heavy (non-hydrogen) atoms. The second-order valence-corrected chi connectivity index (χ2v) is 6.47. The largest absolute Gasteiger partial charge is 0.481 e. The van der Waals surface area contributed by atoms with Gasteiger partial charge in [0, 0.05) is 0 Å². The van der Waals surface area contributed by atoms with E-state index in [9.17, 15) is 9.90 Å². The standard InChI is InChI=1S/C15H22O2/c1-10-7-11-5-6-15(10,9-11)13-4-2-3-12(8-13)14(16)17/h5-6,10-13H,2-4,7-9H2,1H3,(H,16,17). The van der Waals surface area contributed by atoms with E-state index in [4.69, 9.17) is 0 Å². The molecule has 2 bridgehead atoms. The van der Waals surface area contributed by atoms with Gasteiger partial charge in [-0.15, -0.1) is 0 Å². The SMILES string of the molecule is CC1CC2C=CC1(C1CCCC(C(=O)O)C1)C2. The quantitative estimate of drug-likeness (QED) is 0.743. The predicted octanol–water partition coefficient (Wildman–Crippen LogP) is 3.48. The number of carboxylic acids is 1. The lowest BCUT2D eigenvalue weighted by atomic mass is 9.62. The van der Waals surface area contributed by atoms with Crippen molar-refractivity contribution in [1.82, 2.24) is 0 Å². The molecule has 0 amide bonds. The molecule has 5 unspecified atom stereocenters. The van der Waals surface area contributed by atoms with Crippen molar-refractivity contribution < 1.29 is 9.90 Å². The summed E-state index contributed by atoms with van der Waals surface area (Å²) in [4.78, 5) is 11.2. The molecular formula is C15H22O2. The van der Waals surface area contributed by atoms with Crippen molar-refractivity contribution in [2.75, 3.05) is 0 Å². The lowest BCUT2D eigenvalue weighted by Gasteiger charge is -2.42. The first-order valence-electron chi connectivity index (χ1n) is 7.04. The van der Waals surface area contributed by atoms with Crippen molar-refractivity contribution in [3.05, 3.63) is 12.2 Å². The third kappa shape index (κ3) is 1.64. The van der Waals surface area contributed by atoms with Crippen LogP contribution in [0.25, 0.3) is 0 Å². The average molecular weight is 234 g/mol. The number of allylic oxidation sites excluding steroid dienone is 2. The van der Waals surface area contributed by atoms with Crippen molar-refractivity contribution in [3.63, 3.8) is 0 Å². The lowest BCUT2D eigenvalue weighted by Crippen LogP contribution is -2.36. The highest BCUT2D eigenvalue weighted by Gasteiger charge is 2.51. The Morgan fingerprint density at radius 3 is 2.76 bits per heavy atom. The van der Waals surface area contributed by atoms with E-state index >= 15 is 0 Å². The lowest BCUT2D eigenvalue weighted by molar-refractivity contribution is -0.144. The zero-order valence-corrected chi connectivity index (χ0v) is 10.6. The maximum Gasteiger partial charge on any atom is 0.306 e. The summed E-state index contributed by atoms with van der Waals surface area (Å²) in [7, 11) is 0. The molecule has 0 saturated heterocycles. The van der Waals surface area contributed by atoms with Crippen LogP contribution in [-0.2, 0) is 4.79 Å². The summed E-state index contributed by atoms with van der Waals surface area (Å²) in [6, 6.07) is 0. The van der Waals surface area contributed by atoms with E-state index < -0.39 is 5.97 Å². The first kappa shape index (κ1) is 11.3. The second-order valence-electron chi connectivity index (χ2n) is 6.47. The van der Waals surface area contributed by atoms with E-state index in [2.05, 4.69) is 19.1 Å². The van der Waals surface area contributed by atoms with E-state index in [1.54, 1.807) is 0 Å². The van der Waals surface area contributed by atoms with Crippen molar-refractivity contribution in [2.24, 2.45) is 29.1 Å². The van der Waals surface area contributed by atoms with Gasteiger partial charge in [-0.25, -0.2) is 0 Å². The van der Waals surface area contributed by atoms with Crippen LogP contribution >= 0.6 is 0 Å². The van der Waals surface area contributed by atoms with Gasteiger partial charge in [-0.3, -0.25) is 4.79 Å². The Balaban J connectivity index is 1.80. The van der Waals surface area contributed by atoms with E-state index in [1.165, 1.54) is 19.3 Å². The van der Waals surface area contributed by atoms with Gasteiger partial charge in [0.2, 0.25) is 0 Å². The molecule has 2 saturated carbocycles. The summed E-state index contributed by atoms with van der Waals surface area (Å²) in [6.45, 7) is 2.37. The fourth-order valence-electron chi connectivity index (χ4n) is 4.71. The number of rotatable bonds is 2. The molecule has 0 aliphatic heterocycles. The predicted molar refractivity (Wildman–Crippen MR) is 66.5 cm³/mol. The number of aliphatic carboxylic acids is 1. The number of hydrogen-bond acceptors (Lipinski definition) is 1. The summed E-state index contributed by atoms with van der Waals surface area (Å²) < 4.78 is 0. The molecule has 1 N–H and O–H groups in total. The molecule has 0 aromatic heterocycles. The van der Waals surface area contributed by atoms with Crippen molar-refractivity contribution in [2.45, 2.75) is 45.4 Å². The fourth-order valence-corrected chi connectivity index (χ4v) is 4.71. The van der Waals surface area contributed by atoms with Gasteiger partial charge in [0.25, 0.3) is 0 Å². The smallest absolute Gasteiger partial charge is 0.306 e. The highest BCUT2D eigenvalue weighted by Crippen LogP contribution is 2.60. The number of hydrogen-bond donors (Lipinski definition) is 1. The maximum atomic E-state index is 11.2. The monoisotopic (exact) mass is 234 g/mol. The molecule has 2 nitrogen and oxygen atoms in total. The van der Waals surface area contributed by atoms with Crippen molar-refractivity contribution in [1.29, 1.82) is 0 Å². The number of fused-ring (bicyclic) bond motifs is 2. The zero-order valence-electron chi connectivity index (χ0n) is 10.6. The van der Waals surface area contributed by atoms with Crippen LogP contribution in [0.5, 0.6) is 0 Å². The van der Waals surface area contributed by atoms with E-state index in [0.717, 1.165) is 31.1 Å². The van der Waals surface area contributed by atoms with Gasteiger partial charge in [0.05, 0.1) is 5.92 Å². The molecule has 2 heteroatoms. The summed E-state index contributed by atoms with van der Waals surface area (Å²) in [5.41, 5.74) is 0.360. The Bertz CT molecular complexity index is 360. The van der Waals surface area contributed by atoms with Crippen LogP contribution in [-0.4, -0.2) is 11.1 Å². The molecule has 0 spiro atoms. The van der Waals surface area contributed by atoms with Gasteiger partial charge < -0.3 is 5.11 Å². The summed E-state index contributed by atoms with van der Waals surface area (Å²) in [5.74, 6) is 1.51. The average Bonchev–Trinajstić information content (AvgIpc) is 2.87. The first-order valence-corrected chi connectivity index (χ1v) is 7.04. The van der Waals surface area contributed by atoms with Crippen LogP contribution in [0.2, 0.25) is 0 Å². The molecule has 3 rings (SSSR count). The van der Waals surface area contributed by atoms with E-state index in [0.29, 0.717) is 11.3 Å². The van der Waals surface area contributed by atoms with Gasteiger partial charge in [0.1, 0.15) is 0 Å². The van der Waals surface area contributed by atoms with E-state index in [1.807, 2.05) is 0 Å². The fraction of sp³-hybridized carbons (Fsp3) is 0.800. The van der Waals surface area contributed by atoms with Gasteiger partial charge in [-0.1, -0.05) is 25.5 Å². The van der Waals surface area contributed by atoms with Crippen LogP contribution in [0.4, 0.5) is 0 Å². The van der Waals surface area contributed by atoms with Crippen molar-refractivity contribution >= 4 is 5.97 Å². The second kappa shape index (κ2) is 3.86. The van der Waals surface area contributed by atoms with Gasteiger partial charge in [0.15, 0.2) is 0 Å². The Labute approximate surface area is 103 Å². The minimum absolute atomic E-state index is 0.0802. The van der Waals surface area contributed by atoms with Crippen LogP contribution in [0, 0.1) is 29.1 Å². The molecule has 0 aromatic carbocycles. The van der Waals surface area contributed by atoms with Crippen LogP contribution in [0.1, 0.15) is 45.4 Å². The molecule has 0 radical (unpaired) electrons. The topological polar surface area (TPSA) is 37.3 Å². The molecule has 2 fully saturated rings. The minimum atomic E-state index is -0.574. The highest BCUT2D eigenvalue weighted by molar-refractivity contribution is 5.70. The molecule has 3 aliphatic carbocycles. The third-order valence-electron chi connectivity index (χ3n) is 5.65. The summed E-state index contributed by atoms with van der Waals surface area (Å²) in [6.07, 6.45) is 11.6. The molecule has 0 heterocycles. The van der Waals surface area contributed by atoms with Crippen LogP contribution < -0.4 is 0 Å². The van der Waals surface area contributed by atoms with E-state index in [-0.39, 0.29) is 5.92 Å². The molecule has 3 aliphatic rings. The Morgan fingerprint density at radius 2 is 2.18 bits per heavy atom. The van der Waals surface area contributed by atoms with Crippen LogP contribution in [0.3, 0.4) is 0 Å². The molecule has 94 valence electrons. The first-order chi connectivity index (χ1) is 8.12. The zero-order chi connectivity index (χ0) is 12.0. The minimum Gasteiger partial charge on any atom is -0.481 e. The Morgan fingerprint density at radius 1 is 1.35 bits per heavy atom. The van der Waals surface area contributed by atoms with Gasteiger partial charge >= 0.3 is 5.97 Å². The molecule has 5 atom stereocenters. The maximum absolute atomic E-state index is 11.2. The van der Waals surface area contributed by atoms with Crippen molar-refractivity contribution in [3.8, 4) is 0 Å².